The predicted octanol–water partition coefficient (Wildman–Crippen LogP) is 3.64. The van der Waals surface area contributed by atoms with E-state index in [1.54, 1.807) is 0 Å². The van der Waals surface area contributed by atoms with Crippen LogP contribution < -0.4 is 4.90 Å². The van der Waals surface area contributed by atoms with Gasteiger partial charge in [-0.05, 0) is 31.0 Å². The second-order valence-electron chi connectivity index (χ2n) is 4.63. The highest BCUT2D eigenvalue weighted by Gasteiger charge is 2.27. The van der Waals surface area contributed by atoms with Crippen molar-refractivity contribution in [2.75, 3.05) is 18.0 Å². The number of halogens is 1. The number of hydrogen-bond acceptors (Lipinski definition) is 2. The van der Waals surface area contributed by atoms with Crippen LogP contribution in [0.4, 0.5) is 5.69 Å². The van der Waals surface area contributed by atoms with E-state index in [4.69, 9.17) is 0 Å². The number of carbonyl (C=O) groups excluding carboxylic acids is 1. The van der Waals surface area contributed by atoms with E-state index in [0.717, 1.165) is 36.8 Å². The lowest BCUT2D eigenvalue weighted by molar-refractivity contribution is -0.122. The van der Waals surface area contributed by atoms with E-state index < -0.39 is 0 Å². The lowest BCUT2D eigenvalue weighted by atomic mass is 10.00. The number of rotatable bonds is 4. The van der Waals surface area contributed by atoms with Crippen molar-refractivity contribution in [1.82, 2.24) is 0 Å². The number of ketones is 1. The maximum atomic E-state index is 11.9. The van der Waals surface area contributed by atoms with Gasteiger partial charge in [-0.15, -0.1) is 0 Å². The van der Waals surface area contributed by atoms with E-state index in [0.29, 0.717) is 5.78 Å². The van der Waals surface area contributed by atoms with Gasteiger partial charge in [-0.1, -0.05) is 28.9 Å². The number of anilines is 1. The fourth-order valence-corrected chi connectivity index (χ4v) is 2.77. The van der Waals surface area contributed by atoms with Crippen molar-refractivity contribution in [3.63, 3.8) is 0 Å². The molecule has 2 nitrogen and oxygen atoms in total. The van der Waals surface area contributed by atoms with Crippen molar-refractivity contribution >= 4 is 27.4 Å². The highest BCUT2D eigenvalue weighted by molar-refractivity contribution is 9.10. The minimum atomic E-state index is 0.244. The van der Waals surface area contributed by atoms with Gasteiger partial charge in [0, 0.05) is 35.6 Å². The molecule has 1 unspecified atom stereocenters. The van der Waals surface area contributed by atoms with E-state index in [9.17, 15) is 4.79 Å². The van der Waals surface area contributed by atoms with Crippen molar-refractivity contribution in [2.24, 2.45) is 5.92 Å². The molecule has 92 valence electrons. The van der Waals surface area contributed by atoms with Crippen LogP contribution >= 0.6 is 15.9 Å². The standard InChI is InChI=1S/C14H18BrNO/c1-2-4-14(17)11-7-8-16(10-11)13-6-3-5-12(15)9-13/h3,5-6,9,11H,2,4,7-8,10H2,1H3. The first-order valence-electron chi connectivity index (χ1n) is 6.24. The van der Waals surface area contributed by atoms with Crippen LogP contribution in [0, 0.1) is 5.92 Å². The molecular weight excluding hydrogens is 278 g/mol. The van der Waals surface area contributed by atoms with Gasteiger partial charge in [-0.2, -0.15) is 0 Å². The van der Waals surface area contributed by atoms with Gasteiger partial charge in [0.05, 0.1) is 0 Å². The Morgan fingerprint density at radius 1 is 1.53 bits per heavy atom. The van der Waals surface area contributed by atoms with Gasteiger partial charge >= 0.3 is 0 Å². The van der Waals surface area contributed by atoms with Gasteiger partial charge in [0.15, 0.2) is 0 Å². The largest absolute Gasteiger partial charge is 0.371 e. The zero-order valence-corrected chi connectivity index (χ0v) is 11.7. The van der Waals surface area contributed by atoms with Crippen LogP contribution in [0.25, 0.3) is 0 Å². The lowest BCUT2D eigenvalue weighted by Gasteiger charge is -2.18. The van der Waals surface area contributed by atoms with E-state index >= 15 is 0 Å². The van der Waals surface area contributed by atoms with Crippen molar-refractivity contribution in [3.8, 4) is 0 Å². The van der Waals surface area contributed by atoms with Gasteiger partial charge in [0.2, 0.25) is 0 Å². The smallest absolute Gasteiger partial charge is 0.137 e. The molecule has 0 radical (unpaired) electrons. The Labute approximate surface area is 111 Å². The molecule has 1 heterocycles. The molecule has 0 aliphatic carbocycles. The Morgan fingerprint density at radius 2 is 2.35 bits per heavy atom. The Hall–Kier alpha value is -0.830. The summed E-state index contributed by atoms with van der Waals surface area (Å²) in [4.78, 5) is 14.2. The van der Waals surface area contributed by atoms with Crippen LogP contribution in [0.2, 0.25) is 0 Å². The molecule has 1 fully saturated rings. The Morgan fingerprint density at radius 3 is 3.06 bits per heavy atom. The zero-order valence-electron chi connectivity index (χ0n) is 10.2. The van der Waals surface area contributed by atoms with Gasteiger partial charge < -0.3 is 4.90 Å². The third kappa shape index (κ3) is 3.09. The number of carbonyl (C=O) groups is 1. The quantitative estimate of drug-likeness (QED) is 0.845. The molecule has 2 rings (SSSR count). The molecule has 0 spiro atoms. The summed E-state index contributed by atoms with van der Waals surface area (Å²) in [7, 11) is 0. The minimum absolute atomic E-state index is 0.244. The summed E-state index contributed by atoms with van der Waals surface area (Å²) in [6.45, 7) is 3.95. The Kier molecular flexibility index (Phi) is 4.21. The lowest BCUT2D eigenvalue weighted by Crippen LogP contribution is -2.22. The number of benzene rings is 1. The number of nitrogens with zero attached hydrogens (tertiary/aromatic N) is 1. The molecule has 3 heteroatoms. The highest BCUT2D eigenvalue weighted by atomic mass is 79.9. The topological polar surface area (TPSA) is 20.3 Å². The molecule has 1 atom stereocenters. The summed E-state index contributed by atoms with van der Waals surface area (Å²) in [5.41, 5.74) is 1.21. The maximum Gasteiger partial charge on any atom is 0.137 e. The molecule has 0 bridgehead atoms. The van der Waals surface area contributed by atoms with Gasteiger partial charge in [0.1, 0.15) is 5.78 Å². The molecular formula is C14H18BrNO. The molecule has 1 aliphatic rings. The van der Waals surface area contributed by atoms with Gasteiger partial charge in [-0.3, -0.25) is 4.79 Å². The Bertz CT molecular complexity index is 405. The summed E-state index contributed by atoms with van der Waals surface area (Å²) < 4.78 is 1.10. The molecule has 1 aliphatic heterocycles. The number of Topliss-reactive ketones (excluding diaryl/α,β-unsaturated/α-hetero) is 1. The molecule has 0 amide bonds. The first-order chi connectivity index (χ1) is 8.20. The van der Waals surface area contributed by atoms with Gasteiger partial charge in [0.25, 0.3) is 0 Å². The summed E-state index contributed by atoms with van der Waals surface area (Å²) in [6, 6.07) is 8.30. The molecule has 0 saturated carbocycles. The second kappa shape index (κ2) is 5.67. The SMILES string of the molecule is CCCC(=O)C1CCN(c2cccc(Br)c2)C1. The number of hydrogen-bond donors (Lipinski definition) is 0. The highest BCUT2D eigenvalue weighted by Crippen LogP contribution is 2.27. The molecule has 1 aromatic rings. The van der Waals surface area contributed by atoms with Crippen molar-refractivity contribution in [1.29, 1.82) is 0 Å². The van der Waals surface area contributed by atoms with Crippen LogP contribution in [-0.4, -0.2) is 18.9 Å². The third-order valence-corrected chi connectivity index (χ3v) is 3.81. The summed E-state index contributed by atoms with van der Waals surface area (Å²) in [5.74, 6) is 0.680. The fraction of sp³-hybridized carbons (Fsp3) is 0.500. The normalized spacial score (nSPS) is 19.6. The second-order valence-corrected chi connectivity index (χ2v) is 5.54. The van der Waals surface area contributed by atoms with Crippen molar-refractivity contribution in [3.05, 3.63) is 28.7 Å². The molecule has 0 aromatic heterocycles. The van der Waals surface area contributed by atoms with E-state index in [2.05, 4.69) is 39.9 Å². The summed E-state index contributed by atoms with van der Waals surface area (Å²) in [5, 5.41) is 0. The van der Waals surface area contributed by atoms with E-state index in [1.165, 1.54) is 5.69 Å². The maximum absolute atomic E-state index is 11.9. The van der Waals surface area contributed by atoms with Crippen LogP contribution in [-0.2, 0) is 4.79 Å². The van der Waals surface area contributed by atoms with E-state index in [-0.39, 0.29) is 5.92 Å². The molecule has 17 heavy (non-hydrogen) atoms. The fourth-order valence-electron chi connectivity index (χ4n) is 2.38. The minimum Gasteiger partial charge on any atom is -0.371 e. The third-order valence-electron chi connectivity index (χ3n) is 3.31. The van der Waals surface area contributed by atoms with Gasteiger partial charge in [-0.25, -0.2) is 0 Å². The zero-order chi connectivity index (χ0) is 12.3. The Balaban J connectivity index is 2.00. The summed E-state index contributed by atoms with van der Waals surface area (Å²) >= 11 is 3.48. The monoisotopic (exact) mass is 295 g/mol. The van der Waals surface area contributed by atoms with Crippen molar-refractivity contribution < 1.29 is 4.79 Å². The van der Waals surface area contributed by atoms with Crippen LogP contribution in [0.5, 0.6) is 0 Å². The average molecular weight is 296 g/mol. The van der Waals surface area contributed by atoms with Crippen LogP contribution in [0.15, 0.2) is 28.7 Å². The molecule has 1 saturated heterocycles. The predicted molar refractivity (Wildman–Crippen MR) is 74.4 cm³/mol. The van der Waals surface area contributed by atoms with E-state index in [1.807, 2.05) is 12.1 Å². The first kappa shape index (κ1) is 12.6. The molecule has 0 N–H and O–H groups in total. The van der Waals surface area contributed by atoms with Crippen molar-refractivity contribution in [2.45, 2.75) is 26.2 Å². The molecule has 1 aromatic carbocycles. The average Bonchev–Trinajstić information content (AvgIpc) is 2.78. The first-order valence-corrected chi connectivity index (χ1v) is 7.03. The van der Waals surface area contributed by atoms with Crippen LogP contribution in [0.1, 0.15) is 26.2 Å². The van der Waals surface area contributed by atoms with Crippen LogP contribution in [0.3, 0.4) is 0 Å². The summed E-state index contributed by atoms with van der Waals surface area (Å²) in [6.07, 6.45) is 2.70.